The van der Waals surface area contributed by atoms with Crippen LogP contribution in [0.5, 0.6) is 0 Å². The highest BCUT2D eigenvalue weighted by molar-refractivity contribution is 7.80. The maximum absolute atomic E-state index is 6.19. The molecule has 0 aliphatic carbocycles. The first-order valence-electron chi connectivity index (χ1n) is 7.97. The minimum atomic E-state index is 0.543. The number of halogens is 1. The summed E-state index contributed by atoms with van der Waals surface area (Å²) in [5.41, 5.74) is 2.93. The molecule has 0 saturated heterocycles. The van der Waals surface area contributed by atoms with Crippen LogP contribution in [0.15, 0.2) is 48.9 Å². The fourth-order valence-electron chi connectivity index (χ4n) is 2.46. The zero-order valence-electron chi connectivity index (χ0n) is 13.8. The van der Waals surface area contributed by atoms with Crippen LogP contribution in [-0.2, 0) is 19.6 Å². The minimum Gasteiger partial charge on any atom is -0.357 e. The van der Waals surface area contributed by atoms with Crippen molar-refractivity contribution in [2.24, 2.45) is 0 Å². The fraction of sp³-hybridized carbons (Fsp3) is 0.235. The lowest BCUT2D eigenvalue weighted by Crippen LogP contribution is -2.28. The van der Waals surface area contributed by atoms with E-state index in [-0.39, 0.29) is 0 Å². The molecule has 2 heterocycles. The standard InChI is InChI=1S/C17H19ClN6S/c1-2-24-15(7-8-20-24)10-19-17(25)22-14-9-21-23(12-14)11-13-5-3-4-6-16(13)18/h3-9,12H,2,10-11H2,1H3,(H2,19,22,25). The minimum absolute atomic E-state index is 0.543. The molecule has 0 fully saturated rings. The molecule has 3 rings (SSSR count). The Labute approximate surface area is 156 Å². The Morgan fingerprint density at radius 1 is 1.24 bits per heavy atom. The summed E-state index contributed by atoms with van der Waals surface area (Å²) in [5, 5.41) is 16.2. The van der Waals surface area contributed by atoms with Crippen LogP contribution in [0.4, 0.5) is 5.69 Å². The van der Waals surface area contributed by atoms with E-state index >= 15 is 0 Å². The van der Waals surface area contributed by atoms with E-state index in [1.54, 1.807) is 12.4 Å². The molecule has 3 aromatic rings. The summed E-state index contributed by atoms with van der Waals surface area (Å²) in [6.45, 7) is 4.12. The number of anilines is 1. The Hall–Kier alpha value is -2.38. The molecular weight excluding hydrogens is 356 g/mol. The molecule has 0 unspecified atom stereocenters. The monoisotopic (exact) mass is 374 g/mol. The Morgan fingerprint density at radius 2 is 2.08 bits per heavy atom. The molecule has 25 heavy (non-hydrogen) atoms. The first kappa shape index (κ1) is 17.4. The predicted octanol–water partition coefficient (Wildman–Crippen LogP) is 3.29. The Bertz CT molecular complexity index is 856. The number of aryl methyl sites for hydroxylation is 1. The van der Waals surface area contributed by atoms with E-state index in [1.807, 2.05) is 45.9 Å². The van der Waals surface area contributed by atoms with Gasteiger partial charge in [0.1, 0.15) is 0 Å². The second-order valence-corrected chi connectivity index (χ2v) is 6.28. The van der Waals surface area contributed by atoms with Crippen molar-refractivity contribution in [3.8, 4) is 0 Å². The number of hydrogen-bond acceptors (Lipinski definition) is 3. The van der Waals surface area contributed by atoms with Crippen molar-refractivity contribution in [2.75, 3.05) is 5.32 Å². The highest BCUT2D eigenvalue weighted by Crippen LogP contribution is 2.16. The van der Waals surface area contributed by atoms with Gasteiger partial charge in [0.05, 0.1) is 30.7 Å². The molecule has 6 nitrogen and oxygen atoms in total. The molecule has 0 spiro atoms. The number of benzene rings is 1. The predicted molar refractivity (Wildman–Crippen MR) is 104 cm³/mol. The highest BCUT2D eigenvalue weighted by atomic mass is 35.5. The molecule has 8 heteroatoms. The molecule has 2 aromatic heterocycles. The summed E-state index contributed by atoms with van der Waals surface area (Å²) in [7, 11) is 0. The zero-order valence-corrected chi connectivity index (χ0v) is 15.4. The van der Waals surface area contributed by atoms with Gasteiger partial charge in [0.2, 0.25) is 0 Å². The van der Waals surface area contributed by atoms with Crippen LogP contribution < -0.4 is 10.6 Å². The van der Waals surface area contributed by atoms with Gasteiger partial charge in [-0.25, -0.2) is 0 Å². The van der Waals surface area contributed by atoms with Crippen LogP contribution in [0.2, 0.25) is 5.02 Å². The van der Waals surface area contributed by atoms with Gasteiger partial charge < -0.3 is 10.6 Å². The number of nitrogens with zero attached hydrogens (tertiary/aromatic N) is 4. The third kappa shape index (κ3) is 4.58. The van der Waals surface area contributed by atoms with Gasteiger partial charge in [0, 0.05) is 24.0 Å². The molecule has 2 N–H and O–H groups in total. The van der Waals surface area contributed by atoms with E-state index in [1.165, 1.54) is 0 Å². The molecule has 0 amide bonds. The summed E-state index contributed by atoms with van der Waals surface area (Å²) in [5.74, 6) is 0. The summed E-state index contributed by atoms with van der Waals surface area (Å²) >= 11 is 11.5. The molecule has 0 aliphatic heterocycles. The van der Waals surface area contributed by atoms with Crippen molar-refractivity contribution in [3.63, 3.8) is 0 Å². The van der Waals surface area contributed by atoms with Crippen molar-refractivity contribution in [2.45, 2.75) is 26.6 Å². The van der Waals surface area contributed by atoms with Crippen LogP contribution in [0.1, 0.15) is 18.2 Å². The quantitative estimate of drug-likeness (QED) is 0.648. The molecule has 0 bridgehead atoms. The van der Waals surface area contributed by atoms with Gasteiger partial charge in [-0.15, -0.1) is 0 Å². The number of rotatable bonds is 6. The average molecular weight is 375 g/mol. The SMILES string of the molecule is CCn1nccc1CNC(=S)Nc1cnn(Cc2ccccc2Cl)c1. The van der Waals surface area contributed by atoms with Crippen LogP contribution in [0, 0.1) is 0 Å². The third-order valence-corrected chi connectivity index (χ3v) is 4.33. The van der Waals surface area contributed by atoms with Gasteiger partial charge in [0.25, 0.3) is 0 Å². The first-order valence-corrected chi connectivity index (χ1v) is 8.75. The molecule has 0 atom stereocenters. The highest BCUT2D eigenvalue weighted by Gasteiger charge is 2.05. The number of thiocarbonyl (C=S) groups is 1. The van der Waals surface area contributed by atoms with E-state index in [4.69, 9.17) is 23.8 Å². The summed E-state index contributed by atoms with van der Waals surface area (Å²) in [6, 6.07) is 9.71. The lowest BCUT2D eigenvalue weighted by Gasteiger charge is -2.10. The van der Waals surface area contributed by atoms with E-state index in [0.717, 1.165) is 28.5 Å². The van der Waals surface area contributed by atoms with Crippen molar-refractivity contribution >= 4 is 34.6 Å². The van der Waals surface area contributed by atoms with Crippen molar-refractivity contribution < 1.29 is 0 Å². The first-order chi connectivity index (χ1) is 12.2. The van der Waals surface area contributed by atoms with Gasteiger partial charge in [0.15, 0.2) is 5.11 Å². The van der Waals surface area contributed by atoms with Gasteiger partial charge in [-0.1, -0.05) is 29.8 Å². The molecule has 0 saturated carbocycles. The van der Waals surface area contributed by atoms with E-state index in [9.17, 15) is 0 Å². The molecular formula is C17H19ClN6S. The van der Waals surface area contributed by atoms with Gasteiger partial charge >= 0.3 is 0 Å². The summed E-state index contributed by atoms with van der Waals surface area (Å²) < 4.78 is 3.75. The van der Waals surface area contributed by atoms with Crippen LogP contribution in [-0.4, -0.2) is 24.7 Å². The summed E-state index contributed by atoms with van der Waals surface area (Å²) in [6.07, 6.45) is 5.42. The van der Waals surface area contributed by atoms with Crippen LogP contribution >= 0.6 is 23.8 Å². The molecule has 1 aromatic carbocycles. The zero-order chi connectivity index (χ0) is 17.6. The van der Waals surface area contributed by atoms with Gasteiger partial charge in [-0.2, -0.15) is 10.2 Å². The van der Waals surface area contributed by atoms with Gasteiger partial charge in [-0.05, 0) is 36.8 Å². The van der Waals surface area contributed by atoms with Crippen molar-refractivity contribution in [1.29, 1.82) is 0 Å². The molecule has 130 valence electrons. The van der Waals surface area contributed by atoms with Crippen LogP contribution in [0.3, 0.4) is 0 Å². The van der Waals surface area contributed by atoms with Crippen molar-refractivity contribution in [1.82, 2.24) is 24.9 Å². The third-order valence-electron chi connectivity index (χ3n) is 3.72. The van der Waals surface area contributed by atoms with Crippen molar-refractivity contribution in [3.05, 3.63) is 65.2 Å². The fourth-order valence-corrected chi connectivity index (χ4v) is 2.84. The Morgan fingerprint density at radius 3 is 2.88 bits per heavy atom. The van der Waals surface area contributed by atoms with E-state index in [2.05, 4.69) is 27.8 Å². The number of nitrogens with one attached hydrogen (secondary N) is 2. The average Bonchev–Trinajstić information content (AvgIpc) is 3.24. The second kappa shape index (κ2) is 8.13. The largest absolute Gasteiger partial charge is 0.357 e. The Kier molecular flexibility index (Phi) is 5.67. The normalized spacial score (nSPS) is 10.6. The molecule has 0 radical (unpaired) electrons. The number of hydrogen-bond donors (Lipinski definition) is 2. The Balaban J connectivity index is 1.54. The molecule has 0 aliphatic rings. The second-order valence-electron chi connectivity index (χ2n) is 5.46. The number of aromatic nitrogens is 4. The topological polar surface area (TPSA) is 59.7 Å². The lowest BCUT2D eigenvalue weighted by molar-refractivity contribution is 0.614. The maximum Gasteiger partial charge on any atom is 0.171 e. The van der Waals surface area contributed by atoms with Gasteiger partial charge in [-0.3, -0.25) is 9.36 Å². The van der Waals surface area contributed by atoms with E-state index < -0.39 is 0 Å². The lowest BCUT2D eigenvalue weighted by atomic mass is 10.2. The maximum atomic E-state index is 6.19. The summed E-state index contributed by atoms with van der Waals surface area (Å²) in [4.78, 5) is 0. The van der Waals surface area contributed by atoms with E-state index in [0.29, 0.717) is 18.2 Å². The smallest absolute Gasteiger partial charge is 0.171 e. The van der Waals surface area contributed by atoms with Crippen LogP contribution in [0.25, 0.3) is 0 Å².